The molecule has 5 heteroatoms. The third-order valence-electron chi connectivity index (χ3n) is 4.79. The Morgan fingerprint density at radius 1 is 1.15 bits per heavy atom. The number of methoxy groups -OCH3 is 1. The van der Waals surface area contributed by atoms with Gasteiger partial charge in [0.2, 0.25) is 0 Å². The molecule has 1 aliphatic heterocycles. The molecular weight excluding hydrogens is 338 g/mol. The van der Waals surface area contributed by atoms with E-state index in [4.69, 9.17) is 4.74 Å². The van der Waals surface area contributed by atoms with E-state index < -0.39 is 0 Å². The van der Waals surface area contributed by atoms with Crippen molar-refractivity contribution in [3.05, 3.63) is 78.0 Å². The number of ether oxygens (including phenoxy) is 1. The molecule has 1 atom stereocenters. The number of benzene rings is 2. The summed E-state index contributed by atoms with van der Waals surface area (Å²) in [5.41, 5.74) is 3.71. The Kier molecular flexibility index (Phi) is 4.50. The largest absolute Gasteiger partial charge is 0.497 e. The Morgan fingerprint density at radius 2 is 2.00 bits per heavy atom. The maximum Gasteiger partial charge on any atom is 0.257 e. The Bertz CT molecular complexity index is 969. The summed E-state index contributed by atoms with van der Waals surface area (Å²) in [4.78, 5) is 19.3. The van der Waals surface area contributed by atoms with Gasteiger partial charge in [-0.05, 0) is 49.2 Å². The molecule has 0 fully saturated rings. The highest BCUT2D eigenvalue weighted by atomic mass is 16.5. The third kappa shape index (κ3) is 3.36. The predicted octanol–water partition coefficient (Wildman–Crippen LogP) is 4.43. The van der Waals surface area contributed by atoms with E-state index in [1.54, 1.807) is 19.4 Å². The first-order valence-corrected chi connectivity index (χ1v) is 8.94. The van der Waals surface area contributed by atoms with Gasteiger partial charge < -0.3 is 15.0 Å². The fourth-order valence-corrected chi connectivity index (χ4v) is 3.48. The van der Waals surface area contributed by atoms with Gasteiger partial charge in [0, 0.05) is 29.7 Å². The van der Waals surface area contributed by atoms with E-state index in [2.05, 4.69) is 40.3 Å². The standard InChI is InChI=1S/C22H21N3O2/c1-15-12-16-6-3-4-9-20(16)25(15)21-11-10-17(14-23-21)22(26)24-18-7-5-8-19(13-18)27-2/h3-11,13-15H,12H2,1-2H3,(H,24,26). The van der Waals surface area contributed by atoms with Crippen LogP contribution in [0.25, 0.3) is 0 Å². The summed E-state index contributed by atoms with van der Waals surface area (Å²) in [5.74, 6) is 1.35. The van der Waals surface area contributed by atoms with Gasteiger partial charge in [-0.15, -0.1) is 0 Å². The minimum Gasteiger partial charge on any atom is -0.497 e. The summed E-state index contributed by atoms with van der Waals surface area (Å²) in [6.07, 6.45) is 2.62. The second-order valence-electron chi connectivity index (χ2n) is 6.64. The SMILES string of the molecule is COc1cccc(NC(=O)c2ccc(N3c4ccccc4CC3C)nc2)c1. The molecule has 1 amide bonds. The lowest BCUT2D eigenvalue weighted by molar-refractivity contribution is 0.102. The Labute approximate surface area is 158 Å². The first-order chi connectivity index (χ1) is 13.2. The van der Waals surface area contributed by atoms with Crippen molar-refractivity contribution in [1.82, 2.24) is 4.98 Å². The molecule has 0 radical (unpaired) electrons. The number of aromatic nitrogens is 1. The zero-order valence-electron chi connectivity index (χ0n) is 15.3. The third-order valence-corrected chi connectivity index (χ3v) is 4.79. The minimum absolute atomic E-state index is 0.197. The summed E-state index contributed by atoms with van der Waals surface area (Å²) in [6, 6.07) is 19.7. The van der Waals surface area contributed by atoms with Crippen LogP contribution in [0.2, 0.25) is 0 Å². The van der Waals surface area contributed by atoms with Gasteiger partial charge in [-0.3, -0.25) is 4.79 Å². The van der Waals surface area contributed by atoms with Gasteiger partial charge in [-0.25, -0.2) is 4.98 Å². The molecular formula is C22H21N3O2. The van der Waals surface area contributed by atoms with Crippen molar-refractivity contribution in [2.75, 3.05) is 17.3 Å². The summed E-state index contributed by atoms with van der Waals surface area (Å²) < 4.78 is 5.18. The van der Waals surface area contributed by atoms with Gasteiger partial charge in [-0.1, -0.05) is 24.3 Å². The van der Waals surface area contributed by atoms with E-state index >= 15 is 0 Å². The number of hydrogen-bond donors (Lipinski definition) is 1. The topological polar surface area (TPSA) is 54.5 Å². The molecule has 4 rings (SSSR count). The second kappa shape index (κ2) is 7.11. The summed E-state index contributed by atoms with van der Waals surface area (Å²) in [5, 5.41) is 2.87. The van der Waals surface area contributed by atoms with Gasteiger partial charge in [0.25, 0.3) is 5.91 Å². The highest BCUT2D eigenvalue weighted by molar-refractivity contribution is 6.04. The van der Waals surface area contributed by atoms with Crippen LogP contribution in [0.4, 0.5) is 17.2 Å². The van der Waals surface area contributed by atoms with Crippen LogP contribution in [0.3, 0.4) is 0 Å². The van der Waals surface area contributed by atoms with E-state index in [-0.39, 0.29) is 5.91 Å². The number of fused-ring (bicyclic) bond motifs is 1. The Balaban J connectivity index is 1.53. The number of anilines is 3. The van der Waals surface area contributed by atoms with Crippen molar-refractivity contribution in [3.8, 4) is 5.75 Å². The number of carbonyl (C=O) groups is 1. The van der Waals surface area contributed by atoms with Crippen LogP contribution in [0.1, 0.15) is 22.8 Å². The lowest BCUT2D eigenvalue weighted by Gasteiger charge is -2.23. The zero-order valence-corrected chi connectivity index (χ0v) is 15.3. The maximum absolute atomic E-state index is 12.5. The number of amides is 1. The van der Waals surface area contributed by atoms with Crippen molar-refractivity contribution < 1.29 is 9.53 Å². The summed E-state index contributed by atoms with van der Waals surface area (Å²) in [7, 11) is 1.60. The molecule has 1 N–H and O–H groups in total. The molecule has 1 aliphatic rings. The van der Waals surface area contributed by atoms with E-state index in [0.717, 1.165) is 12.2 Å². The predicted molar refractivity (Wildman–Crippen MR) is 107 cm³/mol. The van der Waals surface area contributed by atoms with Crippen LogP contribution in [-0.4, -0.2) is 24.0 Å². The molecule has 1 aromatic heterocycles. The molecule has 0 aliphatic carbocycles. The van der Waals surface area contributed by atoms with Crippen molar-refractivity contribution in [1.29, 1.82) is 0 Å². The fourth-order valence-electron chi connectivity index (χ4n) is 3.48. The van der Waals surface area contributed by atoms with Crippen molar-refractivity contribution in [2.24, 2.45) is 0 Å². The van der Waals surface area contributed by atoms with E-state index in [9.17, 15) is 4.79 Å². The quantitative estimate of drug-likeness (QED) is 0.749. The highest BCUT2D eigenvalue weighted by Gasteiger charge is 2.27. The average molecular weight is 359 g/mol. The van der Waals surface area contributed by atoms with Crippen LogP contribution < -0.4 is 15.0 Å². The second-order valence-corrected chi connectivity index (χ2v) is 6.64. The van der Waals surface area contributed by atoms with Gasteiger partial charge in [0.15, 0.2) is 0 Å². The highest BCUT2D eigenvalue weighted by Crippen LogP contribution is 2.37. The van der Waals surface area contributed by atoms with Crippen molar-refractivity contribution in [3.63, 3.8) is 0 Å². The number of pyridine rings is 1. The smallest absolute Gasteiger partial charge is 0.257 e. The van der Waals surface area contributed by atoms with Gasteiger partial charge in [-0.2, -0.15) is 0 Å². The van der Waals surface area contributed by atoms with Gasteiger partial charge >= 0.3 is 0 Å². The maximum atomic E-state index is 12.5. The minimum atomic E-state index is -0.197. The lowest BCUT2D eigenvalue weighted by atomic mass is 10.1. The van der Waals surface area contributed by atoms with Crippen LogP contribution in [0, 0.1) is 0 Å². The monoisotopic (exact) mass is 359 g/mol. The number of rotatable bonds is 4. The van der Waals surface area contributed by atoms with Gasteiger partial charge in [0.05, 0.1) is 12.7 Å². The molecule has 0 spiro atoms. The molecule has 5 nitrogen and oxygen atoms in total. The molecule has 2 aromatic carbocycles. The van der Waals surface area contributed by atoms with Crippen LogP contribution >= 0.6 is 0 Å². The molecule has 2 heterocycles. The van der Waals surface area contributed by atoms with E-state index in [1.807, 2.05) is 36.4 Å². The average Bonchev–Trinajstić information content (AvgIpc) is 3.04. The molecule has 3 aromatic rings. The normalized spacial score (nSPS) is 15.3. The molecule has 0 saturated heterocycles. The molecule has 0 saturated carbocycles. The van der Waals surface area contributed by atoms with Gasteiger partial charge in [0.1, 0.15) is 11.6 Å². The Hall–Kier alpha value is -3.34. The molecule has 27 heavy (non-hydrogen) atoms. The lowest BCUT2D eigenvalue weighted by Crippen LogP contribution is -2.25. The van der Waals surface area contributed by atoms with Crippen molar-refractivity contribution >= 4 is 23.1 Å². The summed E-state index contributed by atoms with van der Waals surface area (Å²) in [6.45, 7) is 2.19. The van der Waals surface area contributed by atoms with Crippen LogP contribution in [0.15, 0.2) is 66.9 Å². The first kappa shape index (κ1) is 17.1. The number of carbonyl (C=O) groups excluding carboxylic acids is 1. The fraction of sp³-hybridized carbons (Fsp3) is 0.182. The molecule has 1 unspecified atom stereocenters. The number of nitrogens with zero attached hydrogens (tertiary/aromatic N) is 2. The zero-order chi connectivity index (χ0) is 18.8. The van der Waals surface area contributed by atoms with Crippen LogP contribution in [0.5, 0.6) is 5.75 Å². The van der Waals surface area contributed by atoms with Crippen molar-refractivity contribution in [2.45, 2.75) is 19.4 Å². The van der Waals surface area contributed by atoms with E-state index in [0.29, 0.717) is 23.0 Å². The number of para-hydroxylation sites is 1. The molecule has 136 valence electrons. The molecule has 0 bridgehead atoms. The van der Waals surface area contributed by atoms with Crippen LogP contribution in [-0.2, 0) is 6.42 Å². The Morgan fingerprint density at radius 3 is 2.78 bits per heavy atom. The summed E-state index contributed by atoms with van der Waals surface area (Å²) >= 11 is 0. The number of hydrogen-bond acceptors (Lipinski definition) is 4. The first-order valence-electron chi connectivity index (χ1n) is 8.94. The van der Waals surface area contributed by atoms with E-state index in [1.165, 1.54) is 11.3 Å². The number of nitrogens with one attached hydrogen (secondary N) is 1.